The number of nitrogens with zero attached hydrogens (tertiary/aromatic N) is 3. The SMILES string of the molecule is CC(C)(C)c1cccc(-c2cc(-c3nn(-c4nc(C(=O)O)cs4)c(CC4CC4)c3Cc3ccc(S(N)(=O)=O)c(F)c3)ccc2F)c1. The van der Waals surface area contributed by atoms with E-state index in [0.717, 1.165) is 53.1 Å². The van der Waals surface area contributed by atoms with Gasteiger partial charge in [-0.05, 0) is 77.6 Å². The molecule has 0 atom stereocenters. The van der Waals surface area contributed by atoms with Crippen LogP contribution in [0, 0.1) is 17.6 Å². The average molecular weight is 663 g/mol. The molecule has 6 rings (SSSR count). The molecule has 1 aliphatic rings. The second-order valence-electron chi connectivity index (χ2n) is 12.7. The van der Waals surface area contributed by atoms with E-state index in [0.29, 0.717) is 45.4 Å². The molecule has 1 saturated carbocycles. The number of nitrogens with two attached hydrogens (primary N) is 1. The Morgan fingerprint density at radius 1 is 1.04 bits per heavy atom. The first-order valence-electron chi connectivity index (χ1n) is 14.7. The lowest BCUT2D eigenvalue weighted by molar-refractivity contribution is 0.0691. The number of primary sulfonamides is 1. The Morgan fingerprint density at radius 2 is 1.80 bits per heavy atom. The van der Waals surface area contributed by atoms with Gasteiger partial charge in [-0.1, -0.05) is 51.1 Å². The van der Waals surface area contributed by atoms with E-state index >= 15 is 4.39 Å². The zero-order valence-electron chi connectivity index (χ0n) is 25.4. The molecule has 0 radical (unpaired) electrons. The summed E-state index contributed by atoms with van der Waals surface area (Å²) < 4.78 is 55.7. The van der Waals surface area contributed by atoms with Gasteiger partial charge in [-0.2, -0.15) is 5.10 Å². The first-order chi connectivity index (χ1) is 21.7. The lowest BCUT2D eigenvalue weighted by Crippen LogP contribution is -2.14. The van der Waals surface area contributed by atoms with Crippen molar-refractivity contribution in [1.29, 1.82) is 0 Å². The van der Waals surface area contributed by atoms with Crippen LogP contribution in [0.25, 0.3) is 27.5 Å². The lowest BCUT2D eigenvalue weighted by atomic mass is 9.85. The van der Waals surface area contributed by atoms with Gasteiger partial charge in [0, 0.05) is 28.5 Å². The first kappa shape index (κ1) is 31.7. The number of aromatic carboxylic acids is 1. The van der Waals surface area contributed by atoms with Crippen LogP contribution in [-0.4, -0.2) is 34.3 Å². The second-order valence-corrected chi connectivity index (χ2v) is 15.0. The fourth-order valence-electron chi connectivity index (χ4n) is 5.46. The van der Waals surface area contributed by atoms with Crippen LogP contribution in [0.1, 0.15) is 66.5 Å². The molecule has 0 aliphatic heterocycles. The van der Waals surface area contributed by atoms with Gasteiger partial charge in [0.05, 0.1) is 11.4 Å². The molecule has 238 valence electrons. The topological polar surface area (TPSA) is 128 Å². The van der Waals surface area contributed by atoms with Crippen LogP contribution in [0.3, 0.4) is 0 Å². The summed E-state index contributed by atoms with van der Waals surface area (Å²) in [7, 11) is -4.26. The van der Waals surface area contributed by atoms with E-state index in [-0.39, 0.29) is 17.5 Å². The van der Waals surface area contributed by atoms with Crippen molar-refractivity contribution in [1.82, 2.24) is 14.8 Å². The number of carboxylic acid groups (broad SMARTS) is 1. The van der Waals surface area contributed by atoms with Crippen molar-refractivity contribution in [2.75, 3.05) is 0 Å². The van der Waals surface area contributed by atoms with Gasteiger partial charge in [0.25, 0.3) is 0 Å². The Labute approximate surface area is 269 Å². The molecule has 1 aliphatic carbocycles. The number of benzene rings is 3. The smallest absolute Gasteiger partial charge is 0.355 e. The molecule has 0 bridgehead atoms. The highest BCUT2D eigenvalue weighted by atomic mass is 32.2. The maximum absolute atomic E-state index is 15.4. The van der Waals surface area contributed by atoms with Crippen LogP contribution in [0.15, 0.2) is 70.9 Å². The fourth-order valence-corrected chi connectivity index (χ4v) is 6.82. The van der Waals surface area contributed by atoms with E-state index in [9.17, 15) is 22.7 Å². The maximum atomic E-state index is 15.4. The molecule has 0 amide bonds. The molecule has 2 heterocycles. The van der Waals surface area contributed by atoms with Crippen LogP contribution in [0.4, 0.5) is 8.78 Å². The van der Waals surface area contributed by atoms with Crippen LogP contribution >= 0.6 is 11.3 Å². The van der Waals surface area contributed by atoms with Crippen molar-refractivity contribution in [3.05, 3.63) is 106 Å². The minimum atomic E-state index is -4.26. The highest BCUT2D eigenvalue weighted by molar-refractivity contribution is 7.89. The molecule has 8 nitrogen and oxygen atoms in total. The minimum absolute atomic E-state index is 0.112. The van der Waals surface area contributed by atoms with E-state index < -0.39 is 32.5 Å². The molecule has 12 heteroatoms. The van der Waals surface area contributed by atoms with Crippen molar-refractivity contribution in [3.8, 4) is 27.5 Å². The summed E-state index contributed by atoms with van der Waals surface area (Å²) in [5.74, 6) is -2.15. The van der Waals surface area contributed by atoms with Crippen molar-refractivity contribution in [2.24, 2.45) is 11.1 Å². The number of rotatable bonds is 9. The van der Waals surface area contributed by atoms with Gasteiger partial charge >= 0.3 is 5.97 Å². The molecule has 3 aromatic carbocycles. The van der Waals surface area contributed by atoms with Gasteiger partial charge in [0.15, 0.2) is 5.69 Å². The summed E-state index contributed by atoms with van der Waals surface area (Å²) >= 11 is 1.14. The Bertz CT molecular complexity index is 2090. The number of carboxylic acids is 1. The largest absolute Gasteiger partial charge is 0.476 e. The van der Waals surface area contributed by atoms with Crippen LogP contribution < -0.4 is 5.14 Å². The molecule has 5 aromatic rings. The lowest BCUT2D eigenvalue weighted by Gasteiger charge is -2.20. The number of thiazole rings is 1. The third-order valence-corrected chi connectivity index (χ3v) is 9.88. The van der Waals surface area contributed by atoms with Gasteiger partial charge in [-0.25, -0.2) is 36.8 Å². The molecule has 0 spiro atoms. The molecule has 3 N–H and O–H groups in total. The molecule has 46 heavy (non-hydrogen) atoms. The first-order valence-corrected chi connectivity index (χ1v) is 17.1. The predicted molar refractivity (Wildman–Crippen MR) is 173 cm³/mol. The van der Waals surface area contributed by atoms with Gasteiger partial charge in [0.2, 0.25) is 15.2 Å². The summed E-state index contributed by atoms with van der Waals surface area (Å²) in [5.41, 5.74) is 4.98. The van der Waals surface area contributed by atoms with E-state index in [1.165, 1.54) is 17.5 Å². The van der Waals surface area contributed by atoms with E-state index in [4.69, 9.17) is 10.2 Å². The van der Waals surface area contributed by atoms with E-state index in [2.05, 4.69) is 25.8 Å². The third-order valence-electron chi connectivity index (χ3n) is 8.12. The average Bonchev–Trinajstić information content (AvgIpc) is 3.54. The number of hydrogen-bond acceptors (Lipinski definition) is 6. The monoisotopic (exact) mass is 662 g/mol. The number of aromatic nitrogens is 3. The van der Waals surface area contributed by atoms with Crippen molar-refractivity contribution < 1.29 is 27.1 Å². The van der Waals surface area contributed by atoms with Crippen molar-refractivity contribution >= 4 is 27.3 Å². The molecular weight excluding hydrogens is 631 g/mol. The fraction of sp³-hybridized carbons (Fsp3) is 0.265. The normalized spacial score (nSPS) is 13.7. The van der Waals surface area contributed by atoms with Gasteiger partial charge in [-0.3, -0.25) is 0 Å². The molecule has 0 unspecified atom stereocenters. The van der Waals surface area contributed by atoms with Crippen LogP contribution in [0.5, 0.6) is 0 Å². The zero-order chi connectivity index (χ0) is 33.0. The Balaban J connectivity index is 1.54. The van der Waals surface area contributed by atoms with Crippen LogP contribution in [0.2, 0.25) is 0 Å². The Morgan fingerprint density at radius 3 is 2.43 bits per heavy atom. The maximum Gasteiger partial charge on any atom is 0.355 e. The van der Waals surface area contributed by atoms with Crippen molar-refractivity contribution in [3.63, 3.8) is 0 Å². The third kappa shape index (κ3) is 6.51. The molecule has 0 saturated heterocycles. The Hall–Kier alpha value is -4.26. The Kier molecular flexibility index (Phi) is 8.16. The summed E-state index contributed by atoms with van der Waals surface area (Å²) in [4.78, 5) is 15.4. The number of hydrogen-bond donors (Lipinski definition) is 2. The quantitative estimate of drug-likeness (QED) is 0.173. The molecular formula is C34H32F2N4O4S2. The van der Waals surface area contributed by atoms with Crippen LogP contribution in [-0.2, 0) is 28.3 Å². The highest BCUT2D eigenvalue weighted by Gasteiger charge is 2.30. The number of halogens is 2. The van der Waals surface area contributed by atoms with E-state index in [1.807, 2.05) is 24.3 Å². The summed E-state index contributed by atoms with van der Waals surface area (Å²) in [6.07, 6.45) is 2.81. The zero-order valence-corrected chi connectivity index (χ0v) is 27.1. The predicted octanol–water partition coefficient (Wildman–Crippen LogP) is 7.13. The van der Waals surface area contributed by atoms with Gasteiger partial charge < -0.3 is 5.11 Å². The van der Waals surface area contributed by atoms with Crippen molar-refractivity contribution in [2.45, 2.75) is 56.8 Å². The highest BCUT2D eigenvalue weighted by Crippen LogP contribution is 2.39. The number of sulfonamides is 1. The van der Waals surface area contributed by atoms with Gasteiger partial charge in [0.1, 0.15) is 16.5 Å². The van der Waals surface area contributed by atoms with Gasteiger partial charge in [-0.15, -0.1) is 11.3 Å². The second kappa shape index (κ2) is 11.8. The minimum Gasteiger partial charge on any atom is -0.476 e. The standard InChI is InChI=1S/C34H32F2N4O4S2/c1-34(2,3)23-6-4-5-21(16-23)24-17-22(10-11-26(24)35)31-25(13-20-9-12-30(27(36)14-20)46(37,43)44)29(15-19-7-8-19)40(39-31)33-38-28(18-45-33)32(41)42/h4-6,9-12,14,16-19H,7-8,13,15H2,1-3H3,(H,41,42)(H2,37,43,44). The van der Waals surface area contributed by atoms with E-state index in [1.54, 1.807) is 16.8 Å². The summed E-state index contributed by atoms with van der Waals surface area (Å²) in [5, 5.41) is 21.5. The molecule has 1 fully saturated rings. The summed E-state index contributed by atoms with van der Waals surface area (Å²) in [6, 6.07) is 16.3. The summed E-state index contributed by atoms with van der Waals surface area (Å²) in [6.45, 7) is 6.27. The molecule has 2 aromatic heterocycles. The number of carbonyl (C=O) groups is 1.